The van der Waals surface area contributed by atoms with Crippen LogP contribution in [0.15, 0.2) is 36.7 Å². The van der Waals surface area contributed by atoms with Crippen molar-refractivity contribution in [2.75, 3.05) is 25.2 Å². The highest BCUT2D eigenvalue weighted by molar-refractivity contribution is 5.93. The fourth-order valence-corrected chi connectivity index (χ4v) is 2.49. The summed E-state index contributed by atoms with van der Waals surface area (Å²) in [4.78, 5) is 22.1. The summed E-state index contributed by atoms with van der Waals surface area (Å²) in [7, 11) is 0. The molecule has 1 amide bonds. The van der Waals surface area contributed by atoms with Crippen LogP contribution >= 0.6 is 0 Å². The average Bonchev–Trinajstić information content (AvgIpc) is 2.67. The molecule has 25 heavy (non-hydrogen) atoms. The van der Waals surface area contributed by atoms with Gasteiger partial charge in [-0.3, -0.25) is 4.79 Å². The zero-order chi connectivity index (χ0) is 17.6. The lowest BCUT2D eigenvalue weighted by Crippen LogP contribution is -2.38. The molecule has 2 aromatic rings. The number of hydrogen-bond donors (Lipinski definition) is 1. The SMILES string of the molecule is O=C(c1cnc(NCc2cccc(C(F)F)c2)nc1)N1CCCOC1. The first-order valence-electron chi connectivity index (χ1n) is 7.93. The normalized spacial score (nSPS) is 14.6. The minimum absolute atomic E-state index is 0.0232. The Balaban J connectivity index is 1.59. The first kappa shape index (κ1) is 17.2. The van der Waals surface area contributed by atoms with E-state index in [-0.39, 0.29) is 18.2 Å². The van der Waals surface area contributed by atoms with E-state index in [2.05, 4.69) is 15.3 Å². The summed E-state index contributed by atoms with van der Waals surface area (Å²) < 4.78 is 30.6. The van der Waals surface area contributed by atoms with Gasteiger partial charge in [-0.05, 0) is 18.1 Å². The minimum Gasteiger partial charge on any atom is -0.361 e. The first-order valence-corrected chi connectivity index (χ1v) is 7.93. The monoisotopic (exact) mass is 348 g/mol. The Labute approximate surface area is 143 Å². The Morgan fingerprint density at radius 3 is 2.80 bits per heavy atom. The lowest BCUT2D eigenvalue weighted by Gasteiger charge is -2.26. The Morgan fingerprint density at radius 2 is 2.12 bits per heavy atom. The third-order valence-electron chi connectivity index (χ3n) is 3.80. The van der Waals surface area contributed by atoms with Crippen LogP contribution in [0.5, 0.6) is 0 Å². The second-order valence-corrected chi connectivity index (χ2v) is 5.65. The van der Waals surface area contributed by atoms with Gasteiger partial charge in [0.25, 0.3) is 12.3 Å². The van der Waals surface area contributed by atoms with E-state index in [1.807, 2.05) is 0 Å². The number of ether oxygens (including phenoxy) is 1. The topological polar surface area (TPSA) is 67.4 Å². The van der Waals surface area contributed by atoms with E-state index in [0.29, 0.717) is 36.8 Å². The average molecular weight is 348 g/mol. The van der Waals surface area contributed by atoms with Crippen molar-refractivity contribution >= 4 is 11.9 Å². The van der Waals surface area contributed by atoms with Crippen LogP contribution < -0.4 is 5.32 Å². The van der Waals surface area contributed by atoms with Crippen LogP contribution in [0.25, 0.3) is 0 Å². The predicted molar refractivity (Wildman–Crippen MR) is 87.2 cm³/mol. The smallest absolute Gasteiger partial charge is 0.263 e. The maximum atomic E-state index is 12.7. The summed E-state index contributed by atoms with van der Waals surface area (Å²) in [6.07, 6.45) is 1.20. The van der Waals surface area contributed by atoms with Crippen molar-refractivity contribution in [2.45, 2.75) is 19.4 Å². The molecule has 0 aliphatic carbocycles. The van der Waals surface area contributed by atoms with E-state index in [0.717, 1.165) is 6.42 Å². The molecule has 1 aliphatic heterocycles. The molecule has 1 fully saturated rings. The van der Waals surface area contributed by atoms with Gasteiger partial charge in [0.15, 0.2) is 0 Å². The third-order valence-corrected chi connectivity index (χ3v) is 3.80. The summed E-state index contributed by atoms with van der Waals surface area (Å²) in [5.74, 6) is 0.157. The van der Waals surface area contributed by atoms with Gasteiger partial charge in [0.05, 0.1) is 12.2 Å². The molecule has 1 aromatic heterocycles. The maximum Gasteiger partial charge on any atom is 0.263 e. The van der Waals surface area contributed by atoms with E-state index >= 15 is 0 Å². The number of rotatable bonds is 5. The van der Waals surface area contributed by atoms with Crippen LogP contribution in [0.1, 0.15) is 34.3 Å². The van der Waals surface area contributed by atoms with Crippen molar-refractivity contribution in [3.63, 3.8) is 0 Å². The number of aromatic nitrogens is 2. The largest absolute Gasteiger partial charge is 0.361 e. The van der Waals surface area contributed by atoms with Gasteiger partial charge in [-0.2, -0.15) is 0 Å². The molecule has 8 heteroatoms. The molecule has 1 aromatic carbocycles. The van der Waals surface area contributed by atoms with Crippen molar-refractivity contribution < 1.29 is 18.3 Å². The number of amides is 1. The quantitative estimate of drug-likeness (QED) is 0.900. The second-order valence-electron chi connectivity index (χ2n) is 5.65. The Morgan fingerprint density at radius 1 is 1.32 bits per heavy atom. The van der Waals surface area contributed by atoms with Crippen molar-refractivity contribution in [1.82, 2.24) is 14.9 Å². The highest BCUT2D eigenvalue weighted by atomic mass is 19.3. The summed E-state index contributed by atoms with van der Waals surface area (Å²) in [6, 6.07) is 6.15. The lowest BCUT2D eigenvalue weighted by molar-refractivity contribution is -0.00575. The Kier molecular flexibility index (Phi) is 5.49. The standard InChI is InChI=1S/C17H18F2N4O2/c18-15(19)13-4-1-3-12(7-13)8-20-17-21-9-14(10-22-17)16(24)23-5-2-6-25-11-23/h1,3-4,7,9-10,15H,2,5-6,8,11H2,(H,20,21,22). The molecule has 6 nitrogen and oxygen atoms in total. The fraction of sp³-hybridized carbons (Fsp3) is 0.353. The van der Waals surface area contributed by atoms with Crippen molar-refractivity contribution in [3.05, 3.63) is 53.3 Å². The van der Waals surface area contributed by atoms with Crippen molar-refractivity contribution in [3.8, 4) is 0 Å². The summed E-state index contributed by atoms with van der Waals surface area (Å²) >= 11 is 0. The molecule has 132 valence electrons. The zero-order valence-corrected chi connectivity index (χ0v) is 13.5. The molecule has 0 saturated carbocycles. The van der Waals surface area contributed by atoms with E-state index < -0.39 is 6.43 Å². The number of hydrogen-bond acceptors (Lipinski definition) is 5. The number of nitrogens with zero attached hydrogens (tertiary/aromatic N) is 3. The van der Waals surface area contributed by atoms with E-state index in [1.54, 1.807) is 17.0 Å². The molecule has 1 N–H and O–H groups in total. The predicted octanol–water partition coefficient (Wildman–Crippen LogP) is 2.85. The number of carbonyl (C=O) groups excluding carboxylic acids is 1. The number of anilines is 1. The van der Waals surface area contributed by atoms with Crippen LogP contribution in [0.4, 0.5) is 14.7 Å². The molecule has 0 unspecified atom stereocenters. The van der Waals surface area contributed by atoms with Gasteiger partial charge in [-0.1, -0.05) is 18.2 Å². The second kappa shape index (κ2) is 7.98. The lowest BCUT2D eigenvalue weighted by atomic mass is 10.1. The summed E-state index contributed by atoms with van der Waals surface area (Å²) in [6.45, 7) is 1.91. The van der Waals surface area contributed by atoms with Gasteiger partial charge in [0, 0.05) is 31.0 Å². The molecule has 1 saturated heterocycles. The number of carbonyl (C=O) groups is 1. The Bertz CT molecular complexity index is 719. The fourth-order valence-electron chi connectivity index (χ4n) is 2.49. The van der Waals surface area contributed by atoms with E-state index in [9.17, 15) is 13.6 Å². The maximum absolute atomic E-state index is 12.7. The molecular formula is C17H18F2N4O2. The Hall–Kier alpha value is -2.61. The van der Waals surface area contributed by atoms with Crippen LogP contribution in [0.3, 0.4) is 0 Å². The third kappa shape index (κ3) is 4.48. The molecule has 1 aliphatic rings. The molecule has 3 rings (SSSR count). The molecule has 0 radical (unpaired) electrons. The van der Waals surface area contributed by atoms with Gasteiger partial charge in [0.2, 0.25) is 5.95 Å². The first-order chi connectivity index (χ1) is 12.1. The van der Waals surface area contributed by atoms with Gasteiger partial charge in [0.1, 0.15) is 6.73 Å². The van der Waals surface area contributed by atoms with Gasteiger partial charge in [-0.25, -0.2) is 18.7 Å². The van der Waals surface area contributed by atoms with Crippen molar-refractivity contribution in [1.29, 1.82) is 0 Å². The molecule has 0 bridgehead atoms. The number of nitrogens with one attached hydrogen (secondary N) is 1. The van der Waals surface area contributed by atoms with Crippen LogP contribution in [-0.2, 0) is 11.3 Å². The summed E-state index contributed by atoms with van der Waals surface area (Å²) in [5.41, 5.74) is 1.06. The van der Waals surface area contributed by atoms with Crippen LogP contribution in [0.2, 0.25) is 0 Å². The number of benzene rings is 1. The number of alkyl halides is 2. The molecular weight excluding hydrogens is 330 g/mol. The summed E-state index contributed by atoms with van der Waals surface area (Å²) in [5, 5.41) is 2.96. The molecule has 0 spiro atoms. The molecule has 0 atom stereocenters. The van der Waals surface area contributed by atoms with E-state index in [1.165, 1.54) is 24.5 Å². The van der Waals surface area contributed by atoms with Gasteiger partial charge >= 0.3 is 0 Å². The van der Waals surface area contributed by atoms with Crippen molar-refractivity contribution in [2.24, 2.45) is 0 Å². The van der Waals surface area contributed by atoms with Crippen LogP contribution in [0, 0.1) is 0 Å². The highest BCUT2D eigenvalue weighted by Crippen LogP contribution is 2.19. The van der Waals surface area contributed by atoms with E-state index in [4.69, 9.17) is 4.74 Å². The minimum atomic E-state index is -2.50. The van der Waals surface area contributed by atoms with Gasteiger partial charge < -0.3 is 15.0 Å². The highest BCUT2D eigenvalue weighted by Gasteiger charge is 2.19. The number of halogens is 2. The zero-order valence-electron chi connectivity index (χ0n) is 13.5. The van der Waals surface area contributed by atoms with Crippen LogP contribution in [-0.4, -0.2) is 40.7 Å². The van der Waals surface area contributed by atoms with Gasteiger partial charge in [-0.15, -0.1) is 0 Å². The molecule has 2 heterocycles.